The van der Waals surface area contributed by atoms with Crippen molar-refractivity contribution in [3.05, 3.63) is 0 Å². The summed E-state index contributed by atoms with van der Waals surface area (Å²) in [5, 5.41) is 26.0. The van der Waals surface area contributed by atoms with Gasteiger partial charge in [0, 0.05) is 45.3 Å². The fourth-order valence-corrected chi connectivity index (χ4v) is 12.6. The molecule has 0 saturated heterocycles. The first-order valence-electron chi connectivity index (χ1n) is 16.6. The standard InChI is InChI=1S/C30H56N6O6S3/c1-2-3-16-23-30(43(37,38)34-27-20-13-7-4-10-17-24-31,44(39,40)35-28-21-14-8-5-11-18-25-32)45(41,42)36-29-22-15-9-6-12-19-26-33/h34-36H,2-23,27-29H2,1H3. The van der Waals surface area contributed by atoms with Crippen LogP contribution in [0.25, 0.3) is 0 Å². The number of rotatable bonds is 31. The van der Waals surface area contributed by atoms with E-state index in [4.69, 9.17) is 15.8 Å². The highest BCUT2D eigenvalue weighted by Crippen LogP contribution is 2.35. The van der Waals surface area contributed by atoms with Gasteiger partial charge in [0.15, 0.2) is 0 Å². The van der Waals surface area contributed by atoms with E-state index in [1.807, 2.05) is 6.92 Å². The van der Waals surface area contributed by atoms with E-state index in [9.17, 15) is 25.3 Å². The second kappa shape index (κ2) is 25.3. The summed E-state index contributed by atoms with van der Waals surface area (Å²) < 4.78 is 87.5. The van der Waals surface area contributed by atoms with Crippen molar-refractivity contribution in [3.63, 3.8) is 0 Å². The van der Waals surface area contributed by atoms with Crippen LogP contribution in [0.3, 0.4) is 0 Å². The summed E-state index contributed by atoms with van der Waals surface area (Å²) in [6.45, 7) is 1.55. The average Bonchev–Trinajstić information content (AvgIpc) is 2.99. The maximum atomic E-state index is 13.9. The van der Waals surface area contributed by atoms with Crippen LogP contribution in [0.5, 0.6) is 0 Å². The Hall–Kier alpha value is -1.80. The predicted octanol–water partition coefficient (Wildman–Crippen LogP) is 5.57. The summed E-state index contributed by atoms with van der Waals surface area (Å²) in [7, 11) is -14.9. The number of sulfonamides is 3. The smallest absolute Gasteiger partial charge is 0.213 e. The van der Waals surface area contributed by atoms with Crippen LogP contribution in [0.4, 0.5) is 0 Å². The molecule has 0 radical (unpaired) electrons. The molecule has 0 rings (SSSR count). The monoisotopic (exact) mass is 692 g/mol. The first kappa shape index (κ1) is 43.2. The summed E-state index contributed by atoms with van der Waals surface area (Å²) in [6.07, 6.45) is 12.0. The van der Waals surface area contributed by atoms with Crippen LogP contribution in [0.1, 0.15) is 148 Å². The quantitative estimate of drug-likeness (QED) is 0.0774. The van der Waals surface area contributed by atoms with E-state index in [2.05, 4.69) is 32.4 Å². The van der Waals surface area contributed by atoms with Crippen molar-refractivity contribution in [3.8, 4) is 18.2 Å². The number of hydrogen-bond donors (Lipinski definition) is 3. The summed E-state index contributed by atoms with van der Waals surface area (Å²) in [5.74, 6) is 0. The summed E-state index contributed by atoms with van der Waals surface area (Å²) >= 11 is 0. The third kappa shape index (κ3) is 16.5. The molecule has 15 heteroatoms. The first-order valence-corrected chi connectivity index (χ1v) is 21.0. The predicted molar refractivity (Wildman–Crippen MR) is 178 cm³/mol. The van der Waals surface area contributed by atoms with Crippen LogP contribution in [0, 0.1) is 34.0 Å². The van der Waals surface area contributed by atoms with Crippen molar-refractivity contribution < 1.29 is 25.3 Å². The molecule has 3 N–H and O–H groups in total. The first-order chi connectivity index (χ1) is 21.5. The van der Waals surface area contributed by atoms with Crippen molar-refractivity contribution in [2.45, 2.75) is 152 Å². The maximum Gasteiger partial charge on any atom is 0.313 e. The fraction of sp³-hybridized carbons (Fsp3) is 0.900. The van der Waals surface area contributed by atoms with Crippen LogP contribution in [0.2, 0.25) is 0 Å². The number of hydrogen-bond acceptors (Lipinski definition) is 9. The van der Waals surface area contributed by atoms with Crippen LogP contribution in [-0.2, 0) is 30.1 Å². The Labute approximate surface area is 273 Å². The minimum absolute atomic E-state index is 0.0793. The average molecular weight is 693 g/mol. The van der Waals surface area contributed by atoms with E-state index in [1.165, 1.54) is 0 Å². The van der Waals surface area contributed by atoms with Gasteiger partial charge in [0.05, 0.1) is 18.2 Å². The molecule has 0 aromatic carbocycles. The molecule has 12 nitrogen and oxygen atoms in total. The van der Waals surface area contributed by atoms with E-state index in [-0.39, 0.29) is 26.1 Å². The van der Waals surface area contributed by atoms with Gasteiger partial charge in [-0.2, -0.15) is 15.8 Å². The Morgan fingerprint density at radius 2 is 0.733 bits per heavy atom. The lowest BCUT2D eigenvalue weighted by atomic mass is 10.1. The molecule has 0 amide bonds. The number of nitrogens with zero attached hydrogens (tertiary/aromatic N) is 3. The third-order valence-corrected chi connectivity index (χ3v) is 16.4. The van der Waals surface area contributed by atoms with Gasteiger partial charge < -0.3 is 0 Å². The van der Waals surface area contributed by atoms with Crippen LogP contribution in [-0.4, -0.2) is 48.3 Å². The van der Waals surface area contributed by atoms with E-state index in [1.54, 1.807) is 0 Å². The molecule has 0 aromatic heterocycles. The molecule has 0 saturated carbocycles. The molecule has 0 aliphatic heterocycles. The molecule has 0 aliphatic rings. The van der Waals surface area contributed by atoms with Gasteiger partial charge in [0.25, 0.3) is 0 Å². The van der Waals surface area contributed by atoms with Gasteiger partial charge >= 0.3 is 3.41 Å². The molecule has 260 valence electrons. The van der Waals surface area contributed by atoms with Gasteiger partial charge in [-0.05, 0) is 44.9 Å². The van der Waals surface area contributed by atoms with Crippen molar-refractivity contribution in [1.29, 1.82) is 15.8 Å². The van der Waals surface area contributed by atoms with Gasteiger partial charge in [0.1, 0.15) is 0 Å². The van der Waals surface area contributed by atoms with Gasteiger partial charge in [-0.15, -0.1) is 0 Å². The lowest BCUT2D eigenvalue weighted by Crippen LogP contribution is -2.63. The van der Waals surface area contributed by atoms with Crippen LogP contribution in [0.15, 0.2) is 0 Å². The van der Waals surface area contributed by atoms with Gasteiger partial charge in [0.2, 0.25) is 30.1 Å². The topological polar surface area (TPSA) is 210 Å². The molecule has 0 unspecified atom stereocenters. The Kier molecular flexibility index (Phi) is 24.3. The van der Waals surface area contributed by atoms with E-state index in [0.29, 0.717) is 70.6 Å². The van der Waals surface area contributed by atoms with Crippen molar-refractivity contribution in [2.24, 2.45) is 0 Å². The fourth-order valence-electron chi connectivity index (χ4n) is 4.96. The number of nitrogens with one attached hydrogen (secondary N) is 3. The minimum atomic E-state index is -4.95. The molecule has 45 heavy (non-hydrogen) atoms. The van der Waals surface area contributed by atoms with Gasteiger partial charge in [-0.3, -0.25) is 0 Å². The Morgan fingerprint density at radius 1 is 0.444 bits per heavy atom. The van der Waals surface area contributed by atoms with Crippen LogP contribution < -0.4 is 14.2 Å². The molecule has 0 heterocycles. The van der Waals surface area contributed by atoms with E-state index < -0.39 is 39.9 Å². The Bertz CT molecular complexity index is 1090. The second-order valence-corrected chi connectivity index (χ2v) is 18.1. The largest absolute Gasteiger partial charge is 0.313 e. The second-order valence-electron chi connectivity index (χ2n) is 11.4. The summed E-state index contributed by atoms with van der Waals surface area (Å²) in [6, 6.07) is 6.24. The lowest BCUT2D eigenvalue weighted by Gasteiger charge is -2.32. The summed E-state index contributed by atoms with van der Waals surface area (Å²) in [4.78, 5) is 0. The number of nitriles is 3. The highest BCUT2D eigenvalue weighted by molar-refractivity contribution is 8.24. The zero-order valence-electron chi connectivity index (χ0n) is 27.2. The number of unbranched alkanes of at least 4 members (excludes halogenated alkanes) is 17. The Morgan fingerprint density at radius 3 is 1.02 bits per heavy atom. The normalized spacial score (nSPS) is 12.4. The molecular weight excluding hydrogens is 637 g/mol. The van der Waals surface area contributed by atoms with Crippen molar-refractivity contribution in [2.75, 3.05) is 19.6 Å². The third-order valence-electron chi connectivity index (χ3n) is 7.59. The zero-order valence-corrected chi connectivity index (χ0v) is 29.6. The molecule has 0 aromatic rings. The minimum Gasteiger partial charge on any atom is -0.213 e. The van der Waals surface area contributed by atoms with Crippen molar-refractivity contribution >= 4 is 30.1 Å². The van der Waals surface area contributed by atoms with Gasteiger partial charge in [-0.25, -0.2) is 39.4 Å². The highest BCUT2D eigenvalue weighted by Gasteiger charge is 2.64. The van der Waals surface area contributed by atoms with Gasteiger partial charge in [-0.1, -0.05) is 77.6 Å². The van der Waals surface area contributed by atoms with Crippen molar-refractivity contribution in [1.82, 2.24) is 14.2 Å². The maximum absolute atomic E-state index is 13.9. The molecule has 0 spiro atoms. The molecule has 0 atom stereocenters. The molecular formula is C30H56N6O6S3. The SMILES string of the molecule is CCCCCC(S(=O)(=O)NCCCCCCCC#N)(S(=O)(=O)NCCCCCCCC#N)S(=O)(=O)NCCCCCCCC#N. The molecule has 0 fully saturated rings. The zero-order chi connectivity index (χ0) is 33.9. The molecule has 0 bridgehead atoms. The highest BCUT2D eigenvalue weighted by atomic mass is 32.3. The lowest BCUT2D eigenvalue weighted by molar-refractivity contribution is 0.508. The van der Waals surface area contributed by atoms with E-state index in [0.717, 1.165) is 57.8 Å². The molecule has 0 aliphatic carbocycles. The summed E-state index contributed by atoms with van der Waals surface area (Å²) in [5.41, 5.74) is 0. The Balaban J connectivity index is 5.96. The van der Waals surface area contributed by atoms with Crippen LogP contribution >= 0.6 is 0 Å². The van der Waals surface area contributed by atoms with E-state index >= 15 is 0 Å².